The highest BCUT2D eigenvalue weighted by Crippen LogP contribution is 2.44. The molecule has 0 aliphatic carbocycles. The molecule has 5 heterocycles. The van der Waals surface area contributed by atoms with Gasteiger partial charge in [-0.3, -0.25) is 9.79 Å². The van der Waals surface area contributed by atoms with Gasteiger partial charge in [-0.15, -0.1) is 0 Å². The molecular weight excluding hydrogens is 409 g/mol. The van der Waals surface area contributed by atoms with Crippen molar-refractivity contribution in [2.24, 2.45) is 12.0 Å². The van der Waals surface area contributed by atoms with Crippen LogP contribution in [-0.4, -0.2) is 68.9 Å². The molecule has 2 aromatic heterocycles. The van der Waals surface area contributed by atoms with Crippen molar-refractivity contribution < 1.29 is 9.18 Å². The Morgan fingerprint density at radius 3 is 2.75 bits per heavy atom. The molecule has 3 aliphatic heterocycles. The van der Waals surface area contributed by atoms with Gasteiger partial charge in [0, 0.05) is 38.3 Å². The summed E-state index contributed by atoms with van der Waals surface area (Å²) in [6.45, 7) is 2.15. The Hall–Kier alpha value is -3.36. The molecule has 1 aromatic carbocycles. The van der Waals surface area contributed by atoms with Crippen LogP contribution in [0.1, 0.15) is 35.4 Å². The van der Waals surface area contributed by atoms with Gasteiger partial charge in [-0.25, -0.2) is 19.3 Å². The number of aryl methyl sites for hydroxylation is 1. The smallest absolute Gasteiger partial charge is 0.290 e. The number of fused-ring (bicyclic) bond motifs is 3. The van der Waals surface area contributed by atoms with Crippen LogP contribution in [0.5, 0.6) is 0 Å². The molecule has 0 radical (unpaired) electrons. The number of carbonyl (C=O) groups excluding carboxylic acids is 1. The number of likely N-dealkylation sites (tertiary alicyclic amines) is 1. The van der Waals surface area contributed by atoms with Gasteiger partial charge in [-0.05, 0) is 30.9 Å². The fourth-order valence-electron chi connectivity index (χ4n) is 5.24. The van der Waals surface area contributed by atoms with E-state index >= 15 is 0 Å². The number of piperidine rings is 1. The number of aliphatic imine (C=N–C) groups is 1. The molecule has 6 rings (SSSR count). The average molecular weight is 433 g/mol. The predicted molar refractivity (Wildman–Crippen MR) is 119 cm³/mol. The van der Waals surface area contributed by atoms with Crippen LogP contribution in [0.25, 0.3) is 11.2 Å². The van der Waals surface area contributed by atoms with Gasteiger partial charge in [0.25, 0.3) is 5.91 Å². The molecule has 0 unspecified atom stereocenters. The number of carbonyl (C=O) groups is 1. The summed E-state index contributed by atoms with van der Waals surface area (Å²) in [6, 6.07) is 8.35. The maximum absolute atomic E-state index is 13.6. The average Bonchev–Trinajstić information content (AvgIpc) is 3.51. The minimum atomic E-state index is -0.964. The summed E-state index contributed by atoms with van der Waals surface area (Å²) >= 11 is 0. The molecule has 1 atom stereocenters. The van der Waals surface area contributed by atoms with Gasteiger partial charge < -0.3 is 14.4 Å². The van der Waals surface area contributed by atoms with Crippen LogP contribution in [0.2, 0.25) is 0 Å². The van der Waals surface area contributed by atoms with Gasteiger partial charge in [0.05, 0.1) is 12.2 Å². The highest BCUT2D eigenvalue weighted by atomic mass is 19.1. The molecule has 2 fully saturated rings. The molecule has 9 heteroatoms. The first-order chi connectivity index (χ1) is 15.6. The second-order valence-corrected chi connectivity index (χ2v) is 8.92. The van der Waals surface area contributed by atoms with Crippen molar-refractivity contribution in [1.82, 2.24) is 24.4 Å². The molecule has 3 aliphatic rings. The van der Waals surface area contributed by atoms with Gasteiger partial charge >= 0.3 is 0 Å². The normalized spacial score (nSPS) is 21.6. The monoisotopic (exact) mass is 433 g/mol. The van der Waals surface area contributed by atoms with Crippen LogP contribution >= 0.6 is 0 Å². The number of nitrogens with zero attached hydrogens (tertiary/aromatic N) is 7. The Morgan fingerprint density at radius 2 is 1.97 bits per heavy atom. The Morgan fingerprint density at radius 1 is 1.16 bits per heavy atom. The van der Waals surface area contributed by atoms with Crippen LogP contribution in [0.3, 0.4) is 0 Å². The summed E-state index contributed by atoms with van der Waals surface area (Å²) in [5.74, 6) is 0.765. The van der Waals surface area contributed by atoms with E-state index in [1.807, 2.05) is 6.07 Å². The summed E-state index contributed by atoms with van der Waals surface area (Å²) < 4.78 is 15.3. The minimum Gasteiger partial charge on any atom is -0.355 e. The van der Waals surface area contributed by atoms with E-state index in [9.17, 15) is 9.18 Å². The molecule has 0 bridgehead atoms. The van der Waals surface area contributed by atoms with Crippen LogP contribution in [0.15, 0.2) is 35.6 Å². The van der Waals surface area contributed by atoms with E-state index in [-0.39, 0.29) is 23.7 Å². The third-order valence-corrected chi connectivity index (χ3v) is 7.09. The fraction of sp³-hybridized carbons (Fsp3) is 0.435. The molecule has 8 nitrogen and oxygen atoms in total. The lowest BCUT2D eigenvalue weighted by molar-refractivity contribution is 0.0767. The van der Waals surface area contributed by atoms with Crippen LogP contribution in [0.4, 0.5) is 15.9 Å². The van der Waals surface area contributed by atoms with Gasteiger partial charge in [0.1, 0.15) is 12.5 Å². The fourth-order valence-corrected chi connectivity index (χ4v) is 5.24. The number of benzene rings is 1. The van der Waals surface area contributed by atoms with E-state index < -0.39 is 6.17 Å². The van der Waals surface area contributed by atoms with Crippen molar-refractivity contribution >= 4 is 34.8 Å². The van der Waals surface area contributed by atoms with E-state index in [0.29, 0.717) is 24.1 Å². The van der Waals surface area contributed by atoms with Gasteiger partial charge in [-0.1, -0.05) is 18.2 Å². The standard InChI is InChI=1S/C23H24FN7O/c1-29-19-18(28-21(29)22(32)31-9-6-15(24)12-31)20(27-14-26-19)30-10-7-23(8-11-30)13-25-17-5-3-2-4-16(17)23/h2-5,13-15H,6-12H2,1H3/t15-/m0/s1. The molecule has 1 amide bonds. The largest absolute Gasteiger partial charge is 0.355 e. The molecule has 164 valence electrons. The van der Waals surface area contributed by atoms with Gasteiger partial charge in [0.15, 0.2) is 17.0 Å². The van der Waals surface area contributed by atoms with E-state index in [0.717, 1.165) is 37.4 Å². The quantitative estimate of drug-likeness (QED) is 0.621. The maximum Gasteiger partial charge on any atom is 0.290 e. The molecule has 2 saturated heterocycles. The summed E-state index contributed by atoms with van der Waals surface area (Å²) in [5.41, 5.74) is 3.57. The molecule has 1 spiro atoms. The number of hydrogen-bond donors (Lipinski definition) is 0. The Balaban J connectivity index is 1.29. The SMILES string of the molecule is Cn1c(C(=O)N2CC[C@H](F)C2)nc2c(N3CCC4(C=Nc5ccccc54)CC3)ncnc21. The van der Waals surface area contributed by atoms with E-state index in [2.05, 4.69) is 49.3 Å². The topological polar surface area (TPSA) is 79.5 Å². The summed E-state index contributed by atoms with van der Waals surface area (Å²) in [5, 5.41) is 0. The van der Waals surface area contributed by atoms with Crippen molar-refractivity contribution in [1.29, 1.82) is 0 Å². The number of anilines is 1. The third-order valence-electron chi connectivity index (χ3n) is 7.09. The van der Waals surface area contributed by atoms with E-state index in [1.165, 1.54) is 16.8 Å². The first-order valence-corrected chi connectivity index (χ1v) is 11.1. The zero-order valence-corrected chi connectivity index (χ0v) is 17.9. The van der Waals surface area contributed by atoms with Crippen molar-refractivity contribution in [2.75, 3.05) is 31.1 Å². The third kappa shape index (κ3) is 2.83. The molecular formula is C23H24FN7O. The zero-order chi connectivity index (χ0) is 21.9. The molecule has 32 heavy (non-hydrogen) atoms. The number of aromatic nitrogens is 4. The Bertz CT molecular complexity index is 1240. The number of imidazole rings is 1. The highest BCUT2D eigenvalue weighted by Gasteiger charge is 2.40. The second-order valence-electron chi connectivity index (χ2n) is 8.92. The van der Waals surface area contributed by atoms with Crippen LogP contribution in [-0.2, 0) is 12.5 Å². The molecule has 0 saturated carbocycles. The maximum atomic E-state index is 13.6. The molecule has 0 N–H and O–H groups in total. The van der Waals surface area contributed by atoms with Gasteiger partial charge in [-0.2, -0.15) is 0 Å². The number of amides is 1. The highest BCUT2D eigenvalue weighted by molar-refractivity contribution is 5.96. The lowest BCUT2D eigenvalue weighted by Crippen LogP contribution is -2.43. The van der Waals surface area contributed by atoms with Gasteiger partial charge in [0.2, 0.25) is 5.82 Å². The predicted octanol–water partition coefficient (Wildman–Crippen LogP) is 2.80. The summed E-state index contributed by atoms with van der Waals surface area (Å²) in [7, 11) is 1.78. The molecule has 3 aromatic rings. The van der Waals surface area contributed by atoms with Crippen LogP contribution < -0.4 is 4.90 Å². The summed E-state index contributed by atoms with van der Waals surface area (Å²) in [4.78, 5) is 34.9. The van der Waals surface area contributed by atoms with Crippen molar-refractivity contribution in [3.05, 3.63) is 42.0 Å². The number of alkyl halides is 1. The summed E-state index contributed by atoms with van der Waals surface area (Å²) in [6.07, 6.45) is 4.91. The minimum absolute atomic E-state index is 0.0247. The number of rotatable bonds is 2. The number of halogens is 1. The Labute approximate surface area is 184 Å². The van der Waals surface area contributed by atoms with E-state index in [1.54, 1.807) is 11.6 Å². The van der Waals surface area contributed by atoms with E-state index in [4.69, 9.17) is 0 Å². The number of hydrogen-bond acceptors (Lipinski definition) is 6. The number of para-hydroxylation sites is 1. The first kappa shape index (κ1) is 19.3. The second kappa shape index (κ2) is 7.08. The lowest BCUT2D eigenvalue weighted by Gasteiger charge is -2.38. The van der Waals surface area contributed by atoms with Crippen molar-refractivity contribution in [3.63, 3.8) is 0 Å². The van der Waals surface area contributed by atoms with Crippen molar-refractivity contribution in [3.8, 4) is 0 Å². The van der Waals surface area contributed by atoms with Crippen molar-refractivity contribution in [2.45, 2.75) is 30.8 Å². The Kier molecular flexibility index (Phi) is 4.28. The van der Waals surface area contributed by atoms with Crippen LogP contribution in [0, 0.1) is 0 Å². The first-order valence-electron chi connectivity index (χ1n) is 11.1. The zero-order valence-electron chi connectivity index (χ0n) is 17.9. The lowest BCUT2D eigenvalue weighted by atomic mass is 9.74.